The van der Waals surface area contributed by atoms with Crippen molar-refractivity contribution in [1.29, 1.82) is 0 Å². The zero-order chi connectivity index (χ0) is 21.2. The van der Waals surface area contributed by atoms with Crippen molar-refractivity contribution >= 4 is 34.8 Å². The van der Waals surface area contributed by atoms with E-state index in [1.54, 1.807) is 43.5 Å². The van der Waals surface area contributed by atoms with Gasteiger partial charge in [0, 0.05) is 18.3 Å². The van der Waals surface area contributed by atoms with E-state index in [0.29, 0.717) is 29.4 Å². The SMILES string of the molecule is CC[NH+](CC(=O)Nc1ccc(NC(C)=O)cc1)CC(=O)Nc1ccccc1OC. The summed E-state index contributed by atoms with van der Waals surface area (Å²) >= 11 is 0. The molecule has 1 atom stereocenters. The molecule has 4 N–H and O–H groups in total. The number of anilines is 3. The highest BCUT2D eigenvalue weighted by atomic mass is 16.5. The van der Waals surface area contributed by atoms with Gasteiger partial charge >= 0.3 is 0 Å². The number of methoxy groups -OCH3 is 1. The Morgan fingerprint density at radius 1 is 0.862 bits per heavy atom. The Bertz CT molecular complexity index is 852. The number of carbonyl (C=O) groups excluding carboxylic acids is 3. The predicted octanol–water partition coefficient (Wildman–Crippen LogP) is 1.14. The molecule has 0 heterocycles. The molecule has 0 aromatic heterocycles. The van der Waals surface area contributed by atoms with Gasteiger partial charge in [0.1, 0.15) is 5.75 Å². The highest BCUT2D eigenvalue weighted by Gasteiger charge is 2.18. The summed E-state index contributed by atoms with van der Waals surface area (Å²) in [5, 5.41) is 8.29. The van der Waals surface area contributed by atoms with Gasteiger partial charge in [-0.2, -0.15) is 0 Å². The van der Waals surface area contributed by atoms with Crippen molar-refractivity contribution in [3.63, 3.8) is 0 Å². The topological polar surface area (TPSA) is 101 Å². The lowest BCUT2D eigenvalue weighted by Crippen LogP contribution is -3.13. The van der Waals surface area contributed by atoms with Gasteiger partial charge in [-0.15, -0.1) is 0 Å². The second kappa shape index (κ2) is 10.8. The largest absolute Gasteiger partial charge is 0.495 e. The van der Waals surface area contributed by atoms with E-state index in [4.69, 9.17) is 4.74 Å². The van der Waals surface area contributed by atoms with Crippen molar-refractivity contribution in [2.24, 2.45) is 0 Å². The van der Waals surface area contributed by atoms with E-state index in [-0.39, 0.29) is 30.8 Å². The Labute approximate surface area is 170 Å². The third-order valence-electron chi connectivity index (χ3n) is 4.19. The van der Waals surface area contributed by atoms with Crippen molar-refractivity contribution in [3.8, 4) is 5.75 Å². The molecule has 2 rings (SSSR count). The van der Waals surface area contributed by atoms with Gasteiger partial charge in [-0.25, -0.2) is 0 Å². The number of hydrogen-bond donors (Lipinski definition) is 4. The van der Waals surface area contributed by atoms with Crippen molar-refractivity contribution in [3.05, 3.63) is 48.5 Å². The lowest BCUT2D eigenvalue weighted by molar-refractivity contribution is -0.881. The van der Waals surface area contributed by atoms with Crippen LogP contribution >= 0.6 is 0 Å². The lowest BCUT2D eigenvalue weighted by Gasteiger charge is -2.17. The third-order valence-corrected chi connectivity index (χ3v) is 4.19. The molecule has 154 valence electrons. The summed E-state index contributed by atoms with van der Waals surface area (Å²) in [6, 6.07) is 14.0. The maximum absolute atomic E-state index is 12.4. The van der Waals surface area contributed by atoms with Gasteiger partial charge in [0.05, 0.1) is 19.3 Å². The van der Waals surface area contributed by atoms with E-state index in [2.05, 4.69) is 16.0 Å². The maximum atomic E-state index is 12.4. The Kier molecular flexibility index (Phi) is 8.17. The number of hydrogen-bond acceptors (Lipinski definition) is 4. The Morgan fingerprint density at radius 2 is 1.41 bits per heavy atom. The monoisotopic (exact) mass is 399 g/mol. The van der Waals surface area contributed by atoms with Crippen LogP contribution in [0.3, 0.4) is 0 Å². The summed E-state index contributed by atoms with van der Waals surface area (Å²) in [4.78, 5) is 36.6. The van der Waals surface area contributed by atoms with Crippen LogP contribution in [0.2, 0.25) is 0 Å². The van der Waals surface area contributed by atoms with Crippen molar-refractivity contribution in [1.82, 2.24) is 0 Å². The smallest absolute Gasteiger partial charge is 0.279 e. The fraction of sp³-hybridized carbons (Fsp3) is 0.286. The zero-order valence-electron chi connectivity index (χ0n) is 16.9. The first-order chi connectivity index (χ1) is 13.9. The first kappa shape index (κ1) is 21.9. The van der Waals surface area contributed by atoms with E-state index in [1.807, 2.05) is 19.1 Å². The van der Waals surface area contributed by atoms with E-state index >= 15 is 0 Å². The molecule has 0 saturated carbocycles. The summed E-state index contributed by atoms with van der Waals surface area (Å²) in [5.41, 5.74) is 1.88. The molecule has 0 radical (unpaired) electrons. The molecular formula is C21H27N4O4+. The Morgan fingerprint density at radius 3 is 1.97 bits per heavy atom. The summed E-state index contributed by atoms with van der Waals surface area (Å²) in [5.74, 6) is 0.0350. The van der Waals surface area contributed by atoms with Gasteiger partial charge in [-0.05, 0) is 43.3 Å². The minimum absolute atomic E-state index is 0.156. The fourth-order valence-corrected chi connectivity index (χ4v) is 2.75. The van der Waals surface area contributed by atoms with Crippen molar-refractivity contribution < 1.29 is 24.0 Å². The summed E-state index contributed by atoms with van der Waals surface area (Å²) in [7, 11) is 1.54. The average Bonchev–Trinajstić information content (AvgIpc) is 2.69. The van der Waals surface area contributed by atoms with Crippen molar-refractivity contribution in [2.45, 2.75) is 13.8 Å². The first-order valence-corrected chi connectivity index (χ1v) is 9.35. The van der Waals surface area contributed by atoms with Crippen molar-refractivity contribution in [2.75, 3.05) is 42.7 Å². The molecule has 1 unspecified atom stereocenters. The van der Waals surface area contributed by atoms with Gasteiger partial charge in [-0.3, -0.25) is 14.4 Å². The van der Waals surface area contributed by atoms with E-state index in [1.165, 1.54) is 6.92 Å². The number of para-hydroxylation sites is 2. The van der Waals surface area contributed by atoms with Gasteiger partial charge in [-0.1, -0.05) is 12.1 Å². The Hall–Kier alpha value is -3.39. The second-order valence-electron chi connectivity index (χ2n) is 6.51. The number of ether oxygens (including phenoxy) is 1. The van der Waals surface area contributed by atoms with E-state index < -0.39 is 0 Å². The number of rotatable bonds is 9. The fourth-order valence-electron chi connectivity index (χ4n) is 2.75. The molecule has 8 nitrogen and oxygen atoms in total. The molecule has 2 aromatic rings. The number of quaternary nitrogens is 1. The molecule has 0 aliphatic rings. The van der Waals surface area contributed by atoms with Crippen LogP contribution in [-0.4, -0.2) is 44.5 Å². The van der Waals surface area contributed by atoms with E-state index in [9.17, 15) is 14.4 Å². The molecule has 0 spiro atoms. The van der Waals surface area contributed by atoms with Crippen LogP contribution in [0.25, 0.3) is 0 Å². The van der Waals surface area contributed by atoms with Gasteiger partial charge in [0.15, 0.2) is 13.1 Å². The van der Waals surface area contributed by atoms with Crippen LogP contribution in [0.15, 0.2) is 48.5 Å². The minimum atomic E-state index is -0.196. The molecule has 0 aliphatic carbocycles. The van der Waals surface area contributed by atoms with Gasteiger partial charge in [0.25, 0.3) is 11.8 Å². The molecule has 2 aromatic carbocycles. The minimum Gasteiger partial charge on any atom is -0.495 e. The summed E-state index contributed by atoms with van der Waals surface area (Å²) in [6.07, 6.45) is 0. The quantitative estimate of drug-likeness (QED) is 0.508. The van der Waals surface area contributed by atoms with Crippen LogP contribution < -0.4 is 25.6 Å². The summed E-state index contributed by atoms with van der Waals surface area (Å²) < 4.78 is 5.23. The third kappa shape index (κ3) is 7.27. The molecule has 0 bridgehead atoms. The lowest BCUT2D eigenvalue weighted by atomic mass is 10.2. The van der Waals surface area contributed by atoms with E-state index in [0.717, 1.165) is 4.90 Å². The normalized spacial score (nSPS) is 11.3. The standard InChI is InChI=1S/C21H26N4O4/c1-4-25(14-21(28)24-18-7-5-6-8-19(18)29-3)13-20(27)23-17-11-9-16(10-12-17)22-15(2)26/h5-12H,4,13-14H2,1-3H3,(H,22,26)(H,23,27)(H,24,28)/p+1. The zero-order valence-corrected chi connectivity index (χ0v) is 16.9. The van der Waals surface area contributed by atoms with Crippen LogP contribution in [-0.2, 0) is 14.4 Å². The Balaban J connectivity index is 1.87. The number of likely N-dealkylation sites (N-methyl/N-ethyl adjacent to an activating group) is 1. The molecule has 8 heteroatoms. The summed E-state index contributed by atoms with van der Waals surface area (Å²) in [6.45, 7) is 4.28. The molecule has 3 amide bonds. The average molecular weight is 399 g/mol. The van der Waals surface area contributed by atoms with Crippen LogP contribution in [0, 0.1) is 0 Å². The molecular weight excluding hydrogens is 372 g/mol. The number of carbonyl (C=O) groups is 3. The van der Waals surface area contributed by atoms with Gasteiger partial charge < -0.3 is 25.6 Å². The highest BCUT2D eigenvalue weighted by Crippen LogP contribution is 2.22. The molecule has 0 saturated heterocycles. The predicted molar refractivity (Wildman–Crippen MR) is 112 cm³/mol. The molecule has 29 heavy (non-hydrogen) atoms. The first-order valence-electron chi connectivity index (χ1n) is 9.35. The number of amides is 3. The van der Waals surface area contributed by atoms with Gasteiger partial charge in [0.2, 0.25) is 5.91 Å². The molecule has 0 aliphatic heterocycles. The van der Waals surface area contributed by atoms with Crippen LogP contribution in [0.1, 0.15) is 13.8 Å². The highest BCUT2D eigenvalue weighted by molar-refractivity contribution is 5.94. The molecule has 0 fully saturated rings. The maximum Gasteiger partial charge on any atom is 0.279 e. The van der Waals surface area contributed by atoms with Crippen LogP contribution in [0.4, 0.5) is 17.1 Å². The number of benzene rings is 2. The number of nitrogens with one attached hydrogen (secondary N) is 4. The van der Waals surface area contributed by atoms with Crippen LogP contribution in [0.5, 0.6) is 5.75 Å². The second-order valence-corrected chi connectivity index (χ2v) is 6.51.